The molecule has 0 unspecified atom stereocenters. The highest BCUT2D eigenvalue weighted by molar-refractivity contribution is 5.89. The van der Waals surface area contributed by atoms with Gasteiger partial charge in [0.15, 0.2) is 0 Å². The van der Waals surface area contributed by atoms with E-state index in [1.807, 2.05) is 36.4 Å². The van der Waals surface area contributed by atoms with Crippen LogP contribution in [0.2, 0.25) is 0 Å². The van der Waals surface area contributed by atoms with E-state index in [2.05, 4.69) is 10.1 Å². The molecule has 1 amide bonds. The van der Waals surface area contributed by atoms with E-state index in [9.17, 15) is 9.59 Å². The van der Waals surface area contributed by atoms with Gasteiger partial charge in [-0.3, -0.25) is 4.79 Å². The van der Waals surface area contributed by atoms with Crippen molar-refractivity contribution in [1.29, 1.82) is 0 Å². The van der Waals surface area contributed by atoms with Crippen LogP contribution in [-0.4, -0.2) is 38.0 Å². The number of amides is 1. The molecule has 0 spiro atoms. The Kier molecular flexibility index (Phi) is 5.36. The lowest BCUT2D eigenvalue weighted by atomic mass is 10.1. The van der Waals surface area contributed by atoms with Crippen LogP contribution >= 0.6 is 0 Å². The molecule has 0 aliphatic carbocycles. The van der Waals surface area contributed by atoms with Gasteiger partial charge in [0.1, 0.15) is 0 Å². The third kappa shape index (κ3) is 4.57. The third-order valence-electron chi connectivity index (χ3n) is 3.40. The highest BCUT2D eigenvalue weighted by Gasteiger charge is 2.06. The number of esters is 1. The molecule has 2 aromatic carbocycles. The molecule has 5 heteroatoms. The van der Waals surface area contributed by atoms with Crippen molar-refractivity contribution in [2.24, 2.45) is 0 Å². The molecule has 0 aliphatic rings. The van der Waals surface area contributed by atoms with Gasteiger partial charge in [0.25, 0.3) is 0 Å². The topological polar surface area (TPSA) is 58.6 Å². The second-order valence-corrected chi connectivity index (χ2v) is 5.36. The van der Waals surface area contributed by atoms with E-state index < -0.39 is 0 Å². The number of carbonyl (C=O) groups is 2. The van der Waals surface area contributed by atoms with Crippen molar-refractivity contribution < 1.29 is 14.3 Å². The fourth-order valence-corrected chi connectivity index (χ4v) is 2.01. The Hall–Kier alpha value is -2.82. The van der Waals surface area contributed by atoms with E-state index in [1.54, 1.807) is 31.1 Å². The van der Waals surface area contributed by atoms with E-state index in [1.165, 1.54) is 7.11 Å². The standard InChI is InChI=1S/C18H20N2O3/c1-20(2)17(21)12-13-4-8-15(9-5-13)19-16-10-6-14(7-11-16)18(22)23-3/h4-11,19H,12H2,1-3H3. The maximum absolute atomic E-state index is 11.7. The highest BCUT2D eigenvalue weighted by Crippen LogP contribution is 2.18. The molecule has 0 aromatic heterocycles. The lowest BCUT2D eigenvalue weighted by molar-refractivity contribution is -0.127. The van der Waals surface area contributed by atoms with Crippen LogP contribution < -0.4 is 5.32 Å². The number of carbonyl (C=O) groups excluding carboxylic acids is 2. The maximum atomic E-state index is 11.7. The van der Waals surface area contributed by atoms with Gasteiger partial charge >= 0.3 is 5.97 Å². The minimum Gasteiger partial charge on any atom is -0.465 e. The SMILES string of the molecule is COC(=O)c1ccc(Nc2ccc(CC(=O)N(C)C)cc2)cc1. The molecule has 0 saturated heterocycles. The van der Waals surface area contributed by atoms with Crippen LogP contribution in [0, 0.1) is 0 Å². The summed E-state index contributed by atoms with van der Waals surface area (Å²) in [4.78, 5) is 24.6. The second-order valence-electron chi connectivity index (χ2n) is 5.36. The zero-order valence-electron chi connectivity index (χ0n) is 13.5. The zero-order valence-corrected chi connectivity index (χ0v) is 13.5. The number of rotatable bonds is 5. The van der Waals surface area contributed by atoms with Crippen molar-refractivity contribution in [2.45, 2.75) is 6.42 Å². The van der Waals surface area contributed by atoms with Crippen LogP contribution in [0.4, 0.5) is 11.4 Å². The van der Waals surface area contributed by atoms with Gasteiger partial charge in [-0.2, -0.15) is 0 Å². The molecule has 1 N–H and O–H groups in total. The van der Waals surface area contributed by atoms with Gasteiger partial charge in [-0.15, -0.1) is 0 Å². The van der Waals surface area contributed by atoms with E-state index in [0.29, 0.717) is 12.0 Å². The first-order chi connectivity index (χ1) is 11.0. The van der Waals surface area contributed by atoms with Crippen molar-refractivity contribution >= 4 is 23.3 Å². The van der Waals surface area contributed by atoms with Crippen LogP contribution in [0.3, 0.4) is 0 Å². The van der Waals surface area contributed by atoms with Crippen LogP contribution in [0.25, 0.3) is 0 Å². The Labute approximate surface area is 135 Å². The van der Waals surface area contributed by atoms with Crippen LogP contribution in [0.5, 0.6) is 0 Å². The summed E-state index contributed by atoms with van der Waals surface area (Å²) in [6.45, 7) is 0. The predicted molar refractivity (Wildman–Crippen MR) is 89.9 cm³/mol. The molecule has 2 rings (SSSR count). The zero-order chi connectivity index (χ0) is 16.8. The molecular formula is C18H20N2O3. The summed E-state index contributed by atoms with van der Waals surface area (Å²) in [6, 6.07) is 14.7. The Morgan fingerprint density at radius 1 is 0.957 bits per heavy atom. The second kappa shape index (κ2) is 7.45. The highest BCUT2D eigenvalue weighted by atomic mass is 16.5. The molecule has 120 valence electrons. The van der Waals surface area contributed by atoms with Crippen molar-refractivity contribution in [3.63, 3.8) is 0 Å². The lowest BCUT2D eigenvalue weighted by Gasteiger charge is -2.11. The summed E-state index contributed by atoms with van der Waals surface area (Å²) < 4.78 is 4.67. The summed E-state index contributed by atoms with van der Waals surface area (Å²) in [7, 11) is 4.85. The van der Waals surface area contributed by atoms with Gasteiger partial charge in [-0.05, 0) is 42.0 Å². The summed E-state index contributed by atoms with van der Waals surface area (Å²) in [6.07, 6.45) is 0.390. The Morgan fingerprint density at radius 2 is 1.48 bits per heavy atom. The minimum absolute atomic E-state index is 0.0732. The Bertz CT molecular complexity index is 676. The molecule has 0 atom stereocenters. The van der Waals surface area contributed by atoms with Crippen LogP contribution in [0.1, 0.15) is 15.9 Å². The van der Waals surface area contributed by atoms with E-state index >= 15 is 0 Å². The van der Waals surface area contributed by atoms with Crippen molar-refractivity contribution in [1.82, 2.24) is 4.90 Å². The lowest BCUT2D eigenvalue weighted by Crippen LogP contribution is -2.23. The quantitative estimate of drug-likeness (QED) is 0.863. The first kappa shape index (κ1) is 16.5. The number of ether oxygens (including phenoxy) is 1. The normalized spacial score (nSPS) is 10.0. The summed E-state index contributed by atoms with van der Waals surface area (Å²) in [5.74, 6) is -0.282. The number of likely N-dealkylation sites (N-methyl/N-ethyl adjacent to an activating group) is 1. The predicted octanol–water partition coefficient (Wildman–Crippen LogP) is 2.85. The average molecular weight is 312 g/mol. The number of nitrogens with one attached hydrogen (secondary N) is 1. The van der Waals surface area contributed by atoms with E-state index in [0.717, 1.165) is 16.9 Å². The van der Waals surface area contributed by atoms with Crippen LogP contribution in [0.15, 0.2) is 48.5 Å². The first-order valence-electron chi connectivity index (χ1n) is 7.24. The molecule has 2 aromatic rings. The summed E-state index contributed by atoms with van der Waals surface area (Å²) in [5, 5.41) is 3.24. The number of nitrogens with zero attached hydrogens (tertiary/aromatic N) is 1. The molecule has 0 radical (unpaired) electrons. The number of hydrogen-bond donors (Lipinski definition) is 1. The number of methoxy groups -OCH3 is 1. The Morgan fingerprint density at radius 3 is 1.96 bits per heavy atom. The largest absolute Gasteiger partial charge is 0.465 e. The van der Waals surface area contributed by atoms with Crippen molar-refractivity contribution in [3.05, 3.63) is 59.7 Å². The Balaban J connectivity index is 2.00. The molecule has 0 saturated carbocycles. The van der Waals surface area contributed by atoms with E-state index in [-0.39, 0.29) is 11.9 Å². The molecule has 0 bridgehead atoms. The fraction of sp³-hybridized carbons (Fsp3) is 0.222. The van der Waals surface area contributed by atoms with Crippen molar-refractivity contribution in [3.8, 4) is 0 Å². The molecular weight excluding hydrogens is 292 g/mol. The monoisotopic (exact) mass is 312 g/mol. The fourth-order valence-electron chi connectivity index (χ4n) is 2.01. The third-order valence-corrected chi connectivity index (χ3v) is 3.40. The minimum atomic E-state index is -0.355. The van der Waals surface area contributed by atoms with Crippen molar-refractivity contribution in [2.75, 3.05) is 26.5 Å². The van der Waals surface area contributed by atoms with Gasteiger partial charge < -0.3 is 15.0 Å². The smallest absolute Gasteiger partial charge is 0.337 e. The van der Waals surface area contributed by atoms with Crippen LogP contribution in [-0.2, 0) is 16.0 Å². The molecule has 0 aliphatic heterocycles. The van der Waals surface area contributed by atoms with Gasteiger partial charge in [0, 0.05) is 25.5 Å². The van der Waals surface area contributed by atoms with Gasteiger partial charge in [0.2, 0.25) is 5.91 Å². The van der Waals surface area contributed by atoms with E-state index in [4.69, 9.17) is 0 Å². The average Bonchev–Trinajstić information content (AvgIpc) is 2.56. The molecule has 0 fully saturated rings. The summed E-state index contributed by atoms with van der Waals surface area (Å²) >= 11 is 0. The number of hydrogen-bond acceptors (Lipinski definition) is 4. The molecule has 0 heterocycles. The first-order valence-corrected chi connectivity index (χ1v) is 7.24. The van der Waals surface area contributed by atoms with Gasteiger partial charge in [-0.25, -0.2) is 4.79 Å². The van der Waals surface area contributed by atoms with Gasteiger partial charge in [-0.1, -0.05) is 12.1 Å². The molecule has 23 heavy (non-hydrogen) atoms. The number of benzene rings is 2. The maximum Gasteiger partial charge on any atom is 0.337 e. The number of anilines is 2. The van der Waals surface area contributed by atoms with Gasteiger partial charge in [0.05, 0.1) is 19.1 Å². The molecule has 5 nitrogen and oxygen atoms in total. The summed E-state index contributed by atoms with van der Waals surface area (Å²) in [5.41, 5.74) is 3.26.